The monoisotopic (exact) mass is 393 g/mol. The molecule has 1 saturated heterocycles. The van der Waals surface area contributed by atoms with Gasteiger partial charge in [-0.15, -0.1) is 0 Å². The number of alkyl halides is 3. The highest BCUT2D eigenvalue weighted by molar-refractivity contribution is 7.89. The number of sulfonamides is 1. The third-order valence-electron chi connectivity index (χ3n) is 4.46. The lowest BCUT2D eigenvalue weighted by Crippen LogP contribution is -2.48. The summed E-state index contributed by atoms with van der Waals surface area (Å²) in [6, 6.07) is 2.56. The number of rotatable bonds is 5. The Kier molecular flexibility index (Phi) is 5.99. The smallest absolute Gasteiger partial charge is 0.338 e. The van der Waals surface area contributed by atoms with E-state index in [2.05, 4.69) is 4.72 Å². The van der Waals surface area contributed by atoms with Gasteiger partial charge in [0.25, 0.3) is 0 Å². The van der Waals surface area contributed by atoms with Crippen LogP contribution in [0.5, 0.6) is 0 Å². The van der Waals surface area contributed by atoms with Crippen LogP contribution in [0.4, 0.5) is 13.2 Å². The van der Waals surface area contributed by atoms with E-state index >= 15 is 0 Å². The molecule has 0 saturated carbocycles. The van der Waals surface area contributed by atoms with Gasteiger partial charge in [0.05, 0.1) is 16.5 Å². The second kappa shape index (κ2) is 7.53. The number of halogens is 3. The van der Waals surface area contributed by atoms with Crippen molar-refractivity contribution in [1.29, 1.82) is 0 Å². The summed E-state index contributed by atoms with van der Waals surface area (Å²) in [6.07, 6.45) is -4.12. The summed E-state index contributed by atoms with van der Waals surface area (Å²) in [5.41, 5.74) is 4.34. The van der Waals surface area contributed by atoms with Gasteiger partial charge in [0.2, 0.25) is 15.9 Å². The number of nitrogens with two attached hydrogens (primary N) is 1. The zero-order valence-corrected chi connectivity index (χ0v) is 15.3. The van der Waals surface area contributed by atoms with E-state index in [9.17, 15) is 26.4 Å². The Morgan fingerprint density at radius 1 is 1.38 bits per heavy atom. The van der Waals surface area contributed by atoms with E-state index in [1.54, 1.807) is 0 Å². The lowest BCUT2D eigenvalue weighted by Gasteiger charge is -2.26. The highest BCUT2D eigenvalue weighted by Gasteiger charge is 2.39. The Morgan fingerprint density at radius 3 is 2.54 bits per heavy atom. The summed E-state index contributed by atoms with van der Waals surface area (Å²) in [6.45, 7) is 3.96. The molecule has 3 atom stereocenters. The van der Waals surface area contributed by atoms with E-state index in [1.807, 2.05) is 6.92 Å². The second-order valence-electron chi connectivity index (χ2n) is 6.51. The molecule has 0 aromatic heterocycles. The van der Waals surface area contributed by atoms with Gasteiger partial charge in [-0.25, -0.2) is 8.42 Å². The van der Waals surface area contributed by atoms with Gasteiger partial charge in [0.1, 0.15) is 0 Å². The van der Waals surface area contributed by atoms with Gasteiger partial charge in [-0.05, 0) is 44.9 Å². The van der Waals surface area contributed by atoms with Crippen molar-refractivity contribution in [3.8, 4) is 0 Å². The standard InChI is InChI=1S/C16H22F3N3O3S/c1-10-7-12(8-20)9-22(10)15(23)11(2)21-26(24,25)14-6-4-3-5-13(14)16(17,18)19/h3-6,10-12,21H,7-9,20H2,1-2H3. The fraction of sp³-hybridized carbons (Fsp3) is 0.562. The SMILES string of the molecule is CC(NS(=O)(=O)c1ccccc1C(F)(F)F)C(=O)N1CC(CN)CC1C. The summed E-state index contributed by atoms with van der Waals surface area (Å²) in [5.74, 6) is -0.356. The van der Waals surface area contributed by atoms with Crippen LogP contribution in [0.15, 0.2) is 29.2 Å². The summed E-state index contributed by atoms with van der Waals surface area (Å²) in [7, 11) is -4.53. The molecule has 146 valence electrons. The van der Waals surface area contributed by atoms with Crippen LogP contribution in [-0.2, 0) is 21.0 Å². The Hall–Kier alpha value is -1.65. The summed E-state index contributed by atoms with van der Waals surface area (Å²) < 4.78 is 66.1. The molecule has 1 aliphatic heterocycles. The molecule has 1 aromatic carbocycles. The van der Waals surface area contributed by atoms with E-state index in [4.69, 9.17) is 5.73 Å². The maximum atomic E-state index is 13.1. The zero-order valence-electron chi connectivity index (χ0n) is 14.5. The molecule has 3 N–H and O–H groups in total. The first-order valence-corrected chi connectivity index (χ1v) is 9.64. The van der Waals surface area contributed by atoms with Crippen molar-refractivity contribution in [2.24, 2.45) is 11.7 Å². The number of nitrogens with zero attached hydrogens (tertiary/aromatic N) is 1. The Bertz CT molecular complexity index is 767. The Balaban J connectivity index is 2.21. The van der Waals surface area contributed by atoms with Crippen LogP contribution in [0.1, 0.15) is 25.8 Å². The van der Waals surface area contributed by atoms with Gasteiger partial charge in [-0.1, -0.05) is 12.1 Å². The number of likely N-dealkylation sites (tertiary alicyclic amines) is 1. The molecule has 1 heterocycles. The Labute approximate surface area is 150 Å². The van der Waals surface area contributed by atoms with Gasteiger partial charge >= 0.3 is 6.18 Å². The van der Waals surface area contributed by atoms with Crippen molar-refractivity contribution in [3.63, 3.8) is 0 Å². The molecule has 1 amide bonds. The number of nitrogens with one attached hydrogen (secondary N) is 1. The van der Waals surface area contributed by atoms with Crippen molar-refractivity contribution in [2.75, 3.05) is 13.1 Å². The van der Waals surface area contributed by atoms with Crippen LogP contribution in [-0.4, -0.2) is 44.4 Å². The largest absolute Gasteiger partial charge is 0.417 e. The predicted octanol–water partition coefficient (Wildman–Crippen LogP) is 1.57. The van der Waals surface area contributed by atoms with Crippen LogP contribution in [0, 0.1) is 5.92 Å². The van der Waals surface area contributed by atoms with Crippen LogP contribution in [0.3, 0.4) is 0 Å². The maximum Gasteiger partial charge on any atom is 0.417 e. The van der Waals surface area contributed by atoms with Crippen molar-refractivity contribution in [1.82, 2.24) is 9.62 Å². The number of hydrogen-bond acceptors (Lipinski definition) is 4. The molecular formula is C16H22F3N3O3S. The molecule has 26 heavy (non-hydrogen) atoms. The molecule has 3 unspecified atom stereocenters. The predicted molar refractivity (Wildman–Crippen MR) is 89.6 cm³/mol. The Morgan fingerprint density at radius 2 is 2.00 bits per heavy atom. The zero-order chi connectivity index (χ0) is 19.7. The molecule has 0 bridgehead atoms. The van der Waals surface area contributed by atoms with Crippen molar-refractivity contribution in [2.45, 2.75) is 43.4 Å². The van der Waals surface area contributed by atoms with Crippen LogP contribution >= 0.6 is 0 Å². The van der Waals surface area contributed by atoms with Gasteiger partial charge in [0, 0.05) is 12.6 Å². The van der Waals surface area contributed by atoms with Crippen molar-refractivity contribution < 1.29 is 26.4 Å². The van der Waals surface area contributed by atoms with E-state index in [0.29, 0.717) is 25.6 Å². The van der Waals surface area contributed by atoms with Crippen LogP contribution < -0.4 is 10.5 Å². The average molecular weight is 393 g/mol. The van der Waals surface area contributed by atoms with Crippen LogP contribution in [0.2, 0.25) is 0 Å². The van der Waals surface area contributed by atoms with Gasteiger partial charge < -0.3 is 10.6 Å². The first-order valence-electron chi connectivity index (χ1n) is 8.16. The lowest BCUT2D eigenvalue weighted by molar-refractivity contribution is -0.139. The molecule has 2 rings (SSSR count). The summed E-state index contributed by atoms with van der Waals surface area (Å²) in [4.78, 5) is 13.2. The maximum absolute atomic E-state index is 13.1. The fourth-order valence-electron chi connectivity index (χ4n) is 3.15. The van der Waals surface area contributed by atoms with E-state index in [1.165, 1.54) is 17.9 Å². The summed E-state index contributed by atoms with van der Waals surface area (Å²) >= 11 is 0. The number of amides is 1. The quantitative estimate of drug-likeness (QED) is 0.794. The van der Waals surface area contributed by atoms with E-state index in [-0.39, 0.29) is 12.0 Å². The third kappa shape index (κ3) is 4.36. The number of carbonyl (C=O) groups is 1. The minimum Gasteiger partial charge on any atom is -0.338 e. The van der Waals surface area contributed by atoms with Crippen LogP contribution in [0.25, 0.3) is 0 Å². The number of hydrogen-bond donors (Lipinski definition) is 2. The topological polar surface area (TPSA) is 92.5 Å². The highest BCUT2D eigenvalue weighted by Crippen LogP contribution is 2.34. The molecule has 1 aliphatic rings. The van der Waals surface area contributed by atoms with E-state index < -0.39 is 38.6 Å². The molecule has 10 heteroatoms. The second-order valence-corrected chi connectivity index (χ2v) is 8.20. The highest BCUT2D eigenvalue weighted by atomic mass is 32.2. The molecule has 0 radical (unpaired) electrons. The van der Waals surface area contributed by atoms with E-state index in [0.717, 1.165) is 12.1 Å². The van der Waals surface area contributed by atoms with Gasteiger partial charge in [-0.3, -0.25) is 4.79 Å². The number of benzene rings is 1. The average Bonchev–Trinajstić information content (AvgIpc) is 2.94. The number of carbonyl (C=O) groups excluding carboxylic acids is 1. The van der Waals surface area contributed by atoms with Crippen molar-refractivity contribution in [3.05, 3.63) is 29.8 Å². The fourth-order valence-corrected chi connectivity index (χ4v) is 4.57. The lowest BCUT2D eigenvalue weighted by atomic mass is 10.1. The van der Waals surface area contributed by atoms with Gasteiger partial charge in [0.15, 0.2) is 0 Å². The molecule has 0 aliphatic carbocycles. The normalized spacial score (nSPS) is 22.5. The summed E-state index contributed by atoms with van der Waals surface area (Å²) in [5, 5.41) is 0. The molecule has 6 nitrogen and oxygen atoms in total. The molecular weight excluding hydrogens is 371 g/mol. The first-order chi connectivity index (χ1) is 12.0. The first kappa shape index (κ1) is 20.7. The van der Waals surface area contributed by atoms with Crippen molar-refractivity contribution >= 4 is 15.9 Å². The molecule has 0 spiro atoms. The van der Waals surface area contributed by atoms with Gasteiger partial charge in [-0.2, -0.15) is 17.9 Å². The minimum absolute atomic E-state index is 0.106. The molecule has 1 aromatic rings. The minimum atomic E-state index is -4.82. The third-order valence-corrected chi connectivity index (χ3v) is 6.06. The molecule has 1 fully saturated rings.